The summed E-state index contributed by atoms with van der Waals surface area (Å²) in [4.78, 5) is 12.1. The van der Waals surface area contributed by atoms with Crippen LogP contribution in [0.15, 0.2) is 30.3 Å². The second-order valence-electron chi connectivity index (χ2n) is 6.42. The molecule has 6 nitrogen and oxygen atoms in total. The van der Waals surface area contributed by atoms with Crippen molar-refractivity contribution in [2.75, 3.05) is 12.3 Å². The van der Waals surface area contributed by atoms with Crippen LogP contribution in [-0.2, 0) is 26.2 Å². The van der Waals surface area contributed by atoms with Crippen LogP contribution < -0.4 is 0 Å². The van der Waals surface area contributed by atoms with Crippen LogP contribution in [0.4, 0.5) is 0 Å². The number of carboxylic acid groups (broad SMARTS) is 1. The molecule has 2 rings (SSSR count). The Kier molecular flexibility index (Phi) is 6.98. The van der Waals surface area contributed by atoms with Crippen LogP contribution in [-0.4, -0.2) is 41.8 Å². The molecular formula is C18H27NO5S. The first kappa shape index (κ1) is 19.9. The summed E-state index contributed by atoms with van der Waals surface area (Å²) in [5.74, 6) is -1.27. The number of nitrogens with zero attached hydrogens (tertiary/aromatic N) is 1. The van der Waals surface area contributed by atoms with Crippen LogP contribution >= 0.6 is 0 Å². The first-order chi connectivity index (χ1) is 11.9. The molecule has 1 aliphatic rings. The van der Waals surface area contributed by atoms with Gasteiger partial charge in [-0.1, -0.05) is 50.1 Å². The van der Waals surface area contributed by atoms with Gasteiger partial charge in [-0.15, -0.1) is 0 Å². The van der Waals surface area contributed by atoms with Crippen molar-refractivity contribution in [3.63, 3.8) is 0 Å². The summed E-state index contributed by atoms with van der Waals surface area (Å²) < 4.78 is 32.4. The molecule has 1 atom stereocenters. The molecule has 0 aromatic heterocycles. The third kappa shape index (κ3) is 4.80. The Morgan fingerprint density at radius 1 is 1.24 bits per heavy atom. The molecule has 1 fully saturated rings. The molecule has 1 aromatic carbocycles. The fourth-order valence-electron chi connectivity index (χ4n) is 3.13. The molecule has 1 saturated heterocycles. The van der Waals surface area contributed by atoms with E-state index in [0.29, 0.717) is 19.3 Å². The molecule has 1 unspecified atom stereocenters. The van der Waals surface area contributed by atoms with Gasteiger partial charge in [0, 0.05) is 13.0 Å². The lowest BCUT2D eigenvalue weighted by atomic mass is 10.0. The molecular weight excluding hydrogens is 342 g/mol. The molecule has 0 radical (unpaired) electrons. The standard InChI is InChI=1S/C18H27NO5S/c1-2-3-9-14-25(22,23)19-13-8-7-12-18(19,17(20)21)24-15-16-10-5-4-6-11-16/h4-6,10-11H,2-3,7-9,12-15H2,1H3,(H,20,21). The first-order valence-corrected chi connectivity index (χ1v) is 10.4. The Hall–Kier alpha value is -1.44. The number of sulfonamides is 1. The van der Waals surface area contributed by atoms with E-state index in [4.69, 9.17) is 4.74 Å². The lowest BCUT2D eigenvalue weighted by Gasteiger charge is -2.42. The van der Waals surface area contributed by atoms with E-state index in [9.17, 15) is 18.3 Å². The third-order valence-corrected chi connectivity index (χ3v) is 6.48. The van der Waals surface area contributed by atoms with Crippen molar-refractivity contribution in [2.45, 2.75) is 57.8 Å². The van der Waals surface area contributed by atoms with Crippen LogP contribution in [0, 0.1) is 0 Å². The summed E-state index contributed by atoms with van der Waals surface area (Å²) in [5, 5.41) is 9.84. The van der Waals surface area contributed by atoms with E-state index in [1.807, 2.05) is 37.3 Å². The number of carbonyl (C=O) groups is 1. The number of ether oxygens (including phenoxy) is 1. The van der Waals surface area contributed by atoms with Gasteiger partial charge >= 0.3 is 5.97 Å². The third-order valence-electron chi connectivity index (χ3n) is 4.53. The maximum absolute atomic E-state index is 12.8. The average Bonchev–Trinajstić information content (AvgIpc) is 2.61. The van der Waals surface area contributed by atoms with Gasteiger partial charge in [0.15, 0.2) is 0 Å². The van der Waals surface area contributed by atoms with E-state index in [0.717, 1.165) is 22.7 Å². The highest BCUT2D eigenvalue weighted by Crippen LogP contribution is 2.34. The fraction of sp³-hybridized carbons (Fsp3) is 0.611. The number of rotatable bonds is 9. The molecule has 0 saturated carbocycles. The van der Waals surface area contributed by atoms with Gasteiger partial charge < -0.3 is 9.84 Å². The van der Waals surface area contributed by atoms with E-state index in [1.165, 1.54) is 0 Å². The molecule has 7 heteroatoms. The minimum absolute atomic E-state index is 0.0371. The summed E-state index contributed by atoms with van der Waals surface area (Å²) >= 11 is 0. The molecule has 1 heterocycles. The molecule has 1 N–H and O–H groups in total. The van der Waals surface area contributed by atoms with E-state index < -0.39 is 21.7 Å². The Balaban J connectivity index is 2.23. The van der Waals surface area contributed by atoms with Gasteiger partial charge in [-0.2, -0.15) is 4.31 Å². The second-order valence-corrected chi connectivity index (χ2v) is 8.43. The zero-order chi connectivity index (χ0) is 18.3. The quantitative estimate of drug-likeness (QED) is 0.677. The van der Waals surface area contributed by atoms with Crippen molar-refractivity contribution < 1.29 is 23.1 Å². The Morgan fingerprint density at radius 2 is 1.96 bits per heavy atom. The van der Waals surface area contributed by atoms with E-state index in [2.05, 4.69) is 0 Å². The predicted octanol–water partition coefficient (Wildman–Crippen LogP) is 2.99. The van der Waals surface area contributed by atoms with Crippen molar-refractivity contribution >= 4 is 16.0 Å². The molecule has 25 heavy (non-hydrogen) atoms. The number of carboxylic acids is 1. The summed E-state index contributed by atoms with van der Waals surface area (Å²) in [7, 11) is -3.69. The zero-order valence-electron chi connectivity index (χ0n) is 14.7. The maximum Gasteiger partial charge on any atom is 0.352 e. The first-order valence-electron chi connectivity index (χ1n) is 8.84. The SMILES string of the molecule is CCCCCS(=O)(=O)N1CCCCC1(OCc1ccccc1)C(=O)O. The highest BCUT2D eigenvalue weighted by atomic mass is 32.2. The van der Waals surface area contributed by atoms with Gasteiger partial charge in [0.05, 0.1) is 12.4 Å². The fourth-order valence-corrected chi connectivity index (χ4v) is 5.00. The zero-order valence-corrected chi connectivity index (χ0v) is 15.5. The van der Waals surface area contributed by atoms with Crippen LogP contribution in [0.3, 0.4) is 0 Å². The monoisotopic (exact) mass is 369 g/mol. The number of hydrogen-bond acceptors (Lipinski definition) is 4. The van der Waals surface area contributed by atoms with Gasteiger partial charge in [-0.05, 0) is 24.8 Å². The average molecular weight is 369 g/mol. The number of aliphatic carboxylic acids is 1. The lowest BCUT2D eigenvalue weighted by Crippen LogP contribution is -2.61. The van der Waals surface area contributed by atoms with Gasteiger partial charge in [0.2, 0.25) is 15.7 Å². The van der Waals surface area contributed by atoms with Crippen molar-refractivity contribution in [3.05, 3.63) is 35.9 Å². The van der Waals surface area contributed by atoms with Gasteiger partial charge in [-0.25, -0.2) is 13.2 Å². The smallest absolute Gasteiger partial charge is 0.352 e. The van der Waals surface area contributed by atoms with Crippen molar-refractivity contribution in [3.8, 4) is 0 Å². The molecule has 1 aliphatic heterocycles. The molecule has 0 amide bonds. The van der Waals surface area contributed by atoms with Crippen LogP contribution in [0.2, 0.25) is 0 Å². The maximum atomic E-state index is 12.8. The lowest BCUT2D eigenvalue weighted by molar-refractivity contribution is -0.195. The van der Waals surface area contributed by atoms with Crippen LogP contribution in [0.5, 0.6) is 0 Å². The second kappa shape index (κ2) is 8.78. The van der Waals surface area contributed by atoms with E-state index in [-0.39, 0.29) is 25.3 Å². The molecule has 0 aliphatic carbocycles. The van der Waals surface area contributed by atoms with Gasteiger partial charge in [0.1, 0.15) is 0 Å². The Bertz CT molecular complexity index is 661. The largest absolute Gasteiger partial charge is 0.478 e. The van der Waals surface area contributed by atoms with Crippen molar-refractivity contribution in [1.29, 1.82) is 0 Å². The highest BCUT2D eigenvalue weighted by molar-refractivity contribution is 7.89. The summed E-state index contributed by atoms with van der Waals surface area (Å²) in [6, 6.07) is 9.21. The molecule has 0 bridgehead atoms. The van der Waals surface area contributed by atoms with Crippen molar-refractivity contribution in [2.24, 2.45) is 0 Å². The van der Waals surface area contributed by atoms with Gasteiger partial charge in [0.25, 0.3) is 0 Å². The van der Waals surface area contributed by atoms with Gasteiger partial charge in [-0.3, -0.25) is 0 Å². The summed E-state index contributed by atoms with van der Waals surface area (Å²) in [6.45, 7) is 2.25. The molecule has 0 spiro atoms. The minimum atomic E-state index is -3.69. The minimum Gasteiger partial charge on any atom is -0.478 e. The van der Waals surface area contributed by atoms with Crippen LogP contribution in [0.25, 0.3) is 0 Å². The van der Waals surface area contributed by atoms with Crippen LogP contribution in [0.1, 0.15) is 51.0 Å². The summed E-state index contributed by atoms with van der Waals surface area (Å²) in [6.07, 6.45) is 3.69. The number of piperidine rings is 1. The highest BCUT2D eigenvalue weighted by Gasteiger charge is 2.52. The van der Waals surface area contributed by atoms with E-state index in [1.54, 1.807) is 0 Å². The molecule has 140 valence electrons. The Morgan fingerprint density at radius 3 is 2.60 bits per heavy atom. The number of unbranched alkanes of at least 4 members (excludes halogenated alkanes) is 2. The topological polar surface area (TPSA) is 83.9 Å². The number of hydrogen-bond donors (Lipinski definition) is 1. The normalized spacial score (nSPS) is 22.0. The Labute approximate surface area is 149 Å². The summed E-state index contributed by atoms with van der Waals surface area (Å²) in [5.41, 5.74) is -0.990. The molecule has 1 aromatic rings. The number of benzene rings is 1. The van der Waals surface area contributed by atoms with E-state index >= 15 is 0 Å². The predicted molar refractivity (Wildman–Crippen MR) is 95.5 cm³/mol. The van der Waals surface area contributed by atoms with Crippen molar-refractivity contribution in [1.82, 2.24) is 4.31 Å².